The van der Waals surface area contributed by atoms with Gasteiger partial charge in [-0.05, 0) is 0 Å². The van der Waals surface area contributed by atoms with Gasteiger partial charge in [-0.25, -0.2) is 0 Å². The third-order valence-electron chi connectivity index (χ3n) is 2.61. The van der Waals surface area contributed by atoms with Gasteiger partial charge in [0.05, 0.1) is 0 Å². The molecule has 0 heterocycles. The second-order valence-corrected chi connectivity index (χ2v) is 4.54. The number of hydrogen-bond donors (Lipinski definition) is 0. The van der Waals surface area contributed by atoms with Crippen LogP contribution in [0.15, 0.2) is 140 Å². The average Bonchev–Trinajstić information content (AvgIpc) is 2.75. The first-order valence-corrected chi connectivity index (χ1v) is 7.91. The molecule has 4 rings (SSSR count). The van der Waals surface area contributed by atoms with Crippen molar-refractivity contribution in [2.45, 2.75) is 0 Å². The molecule has 0 atom stereocenters. The molecule has 26 heavy (non-hydrogen) atoms. The topological polar surface area (TPSA) is 0 Å². The molecule has 4 aromatic carbocycles. The van der Waals surface area contributed by atoms with Gasteiger partial charge in [0, 0.05) is 60.2 Å². The van der Waals surface area contributed by atoms with E-state index in [0.717, 1.165) is 0 Å². The molecule has 0 aromatic heterocycles. The Bertz CT molecular complexity index is 426. The number of rotatable bonds is 0. The molecular weight excluding hydrogens is 436 g/mol. The van der Waals surface area contributed by atoms with Gasteiger partial charge in [-0.2, -0.15) is 36.4 Å². The van der Waals surface area contributed by atoms with E-state index in [0.29, 0.717) is 0 Å². The van der Waals surface area contributed by atoms with Crippen LogP contribution in [-0.4, -0.2) is 18.9 Å². The minimum Gasteiger partial charge on any atom is -0.184 e. The molecule has 0 saturated carbocycles. The van der Waals surface area contributed by atoms with Crippen molar-refractivity contribution in [3.05, 3.63) is 146 Å². The summed E-state index contributed by atoms with van der Waals surface area (Å²) in [5.74, 6) is 0. The quantitative estimate of drug-likeness (QED) is 0.218. The fourth-order valence-electron chi connectivity index (χ4n) is 1.50. The normalized spacial score (nSPS) is 7.38. The van der Waals surface area contributed by atoms with Crippen LogP contribution >= 0.6 is 0 Å². The zero-order valence-corrected chi connectivity index (χ0v) is 19.1. The van der Waals surface area contributed by atoms with Crippen molar-refractivity contribution in [3.63, 3.8) is 0 Å². The Kier molecular flexibility index (Phi) is 24.8. The Hall–Kier alpha value is -1.16. The van der Waals surface area contributed by atoms with E-state index in [1.54, 1.807) is 0 Å². The molecule has 0 fully saturated rings. The fraction of sp³-hybridized carbons (Fsp3) is 0. The Labute approximate surface area is 203 Å². The van der Waals surface area contributed by atoms with Gasteiger partial charge < -0.3 is 0 Å². The van der Waals surface area contributed by atoms with Gasteiger partial charge in [-0.15, -0.1) is 0 Å². The van der Waals surface area contributed by atoms with Crippen LogP contribution in [0.3, 0.4) is 0 Å². The average molecular weight is 459 g/mol. The van der Waals surface area contributed by atoms with Crippen LogP contribution in [0.2, 0.25) is 0 Å². The zero-order valence-electron chi connectivity index (χ0n) is 15.4. The summed E-state index contributed by atoms with van der Waals surface area (Å²) in [6, 6.07) is 48.5. The third-order valence-corrected chi connectivity index (χ3v) is 2.61. The van der Waals surface area contributed by atoms with Crippen molar-refractivity contribution in [2.75, 3.05) is 0 Å². The molecule has 4 aromatic rings. The van der Waals surface area contributed by atoms with E-state index in [1.807, 2.05) is 140 Å². The fourth-order valence-corrected chi connectivity index (χ4v) is 1.50. The van der Waals surface area contributed by atoms with Crippen LogP contribution in [0.5, 0.6) is 0 Å². The Balaban J connectivity index is 0. The van der Waals surface area contributed by atoms with Gasteiger partial charge in [0.2, 0.25) is 0 Å². The molecule has 0 nitrogen and oxygen atoms in total. The SMILES string of the molecule is [Li].[Pr].[c-]1ccccc1.c1ccccc1.c1ccccc1.c1ccccc1. The van der Waals surface area contributed by atoms with Crippen LogP contribution in [0.1, 0.15) is 0 Å². The maximum Gasteiger partial charge on any atom is 0 e. The van der Waals surface area contributed by atoms with Crippen LogP contribution < -0.4 is 0 Å². The van der Waals surface area contributed by atoms with Crippen LogP contribution in [0.4, 0.5) is 0 Å². The largest absolute Gasteiger partial charge is 0.184 e. The molecule has 0 N–H and O–H groups in total. The molecule has 0 aliphatic carbocycles. The van der Waals surface area contributed by atoms with Crippen molar-refractivity contribution in [2.24, 2.45) is 0 Å². The zero-order chi connectivity index (χ0) is 17.0. The maximum absolute atomic E-state index is 2.89. The molecule has 124 valence electrons. The molecule has 0 aliphatic rings. The minimum absolute atomic E-state index is 0. The second kappa shape index (κ2) is 23.8. The monoisotopic (exact) mass is 459 g/mol. The summed E-state index contributed by atoms with van der Waals surface area (Å²) >= 11 is 0. The van der Waals surface area contributed by atoms with Gasteiger partial charge in [-0.3, -0.25) is 0 Å². The first-order valence-electron chi connectivity index (χ1n) is 7.91. The maximum atomic E-state index is 2.89. The van der Waals surface area contributed by atoms with Crippen LogP contribution in [0.25, 0.3) is 0 Å². The summed E-state index contributed by atoms with van der Waals surface area (Å²) in [6.07, 6.45) is 0. The van der Waals surface area contributed by atoms with Crippen LogP contribution in [0, 0.1) is 47.4 Å². The molecule has 2 heteroatoms. The van der Waals surface area contributed by atoms with Gasteiger partial charge >= 0.3 is 0 Å². The predicted octanol–water partition coefficient (Wildman–Crippen LogP) is 6.17. The summed E-state index contributed by atoms with van der Waals surface area (Å²) in [7, 11) is 0. The Morgan fingerprint density at radius 2 is 0.423 bits per heavy atom. The van der Waals surface area contributed by atoms with E-state index in [2.05, 4.69) is 6.07 Å². The molecule has 0 unspecified atom stereocenters. The summed E-state index contributed by atoms with van der Waals surface area (Å²) in [4.78, 5) is 0. The predicted molar refractivity (Wildman–Crippen MR) is 110 cm³/mol. The summed E-state index contributed by atoms with van der Waals surface area (Å²) in [6.45, 7) is 0. The number of benzene rings is 4. The van der Waals surface area contributed by atoms with Crippen molar-refractivity contribution in [1.82, 2.24) is 0 Å². The molecule has 0 aliphatic heterocycles. The van der Waals surface area contributed by atoms with Crippen LogP contribution in [-0.2, 0) is 0 Å². The van der Waals surface area contributed by atoms with Crippen molar-refractivity contribution in [3.8, 4) is 0 Å². The van der Waals surface area contributed by atoms with Gasteiger partial charge in [0.15, 0.2) is 0 Å². The van der Waals surface area contributed by atoms with E-state index < -0.39 is 0 Å². The smallest absolute Gasteiger partial charge is 0 e. The number of hydrogen-bond acceptors (Lipinski definition) is 0. The first-order chi connectivity index (χ1) is 12.0. The van der Waals surface area contributed by atoms with E-state index in [1.165, 1.54) is 0 Å². The van der Waals surface area contributed by atoms with E-state index in [9.17, 15) is 0 Å². The standard InChI is InChI=1S/3C6H6.C6H5.Li.Pr/c4*1-2-4-6-5-3-1;;/h3*1-6H;1-5H;;/q;;;-1;;. The van der Waals surface area contributed by atoms with E-state index in [4.69, 9.17) is 0 Å². The molecule has 0 bridgehead atoms. The molecule has 0 saturated heterocycles. The van der Waals surface area contributed by atoms with Gasteiger partial charge in [0.1, 0.15) is 0 Å². The molecule has 2 radical (unpaired) electrons. The van der Waals surface area contributed by atoms with E-state index in [-0.39, 0.29) is 60.2 Å². The van der Waals surface area contributed by atoms with Gasteiger partial charge in [-0.1, -0.05) is 109 Å². The summed E-state index contributed by atoms with van der Waals surface area (Å²) in [5, 5.41) is 0. The van der Waals surface area contributed by atoms with E-state index >= 15 is 0 Å². The molecular formula is C24H23LiPr-. The third kappa shape index (κ3) is 20.9. The summed E-state index contributed by atoms with van der Waals surface area (Å²) in [5.41, 5.74) is 0. The van der Waals surface area contributed by atoms with Crippen molar-refractivity contribution >= 4 is 18.9 Å². The Morgan fingerprint density at radius 3 is 0.500 bits per heavy atom. The summed E-state index contributed by atoms with van der Waals surface area (Å²) < 4.78 is 0. The Morgan fingerprint density at radius 1 is 0.269 bits per heavy atom. The first kappa shape index (κ1) is 27.1. The molecule has 0 amide bonds. The molecule has 0 spiro atoms. The van der Waals surface area contributed by atoms with Crippen molar-refractivity contribution in [1.29, 1.82) is 0 Å². The van der Waals surface area contributed by atoms with Gasteiger partial charge in [0.25, 0.3) is 0 Å². The minimum atomic E-state index is 0. The second-order valence-electron chi connectivity index (χ2n) is 4.54. The van der Waals surface area contributed by atoms with Crippen molar-refractivity contribution < 1.29 is 41.3 Å².